The first kappa shape index (κ1) is 10.7. The van der Waals surface area contributed by atoms with Gasteiger partial charge in [0.05, 0.1) is 11.9 Å². The van der Waals surface area contributed by atoms with Gasteiger partial charge >= 0.3 is 0 Å². The lowest BCUT2D eigenvalue weighted by Crippen LogP contribution is -2.09. The lowest BCUT2D eigenvalue weighted by Gasteiger charge is -2.10. The van der Waals surface area contributed by atoms with E-state index in [4.69, 9.17) is 0 Å². The minimum atomic E-state index is -0.879. The minimum absolute atomic E-state index is 0.467. The molecule has 0 aliphatic heterocycles. The molecule has 90 valence electrons. The third-order valence-electron chi connectivity index (χ3n) is 2.63. The number of aromatic amines is 1. The molecule has 0 saturated heterocycles. The molecule has 3 aromatic rings. The van der Waals surface area contributed by atoms with Crippen molar-refractivity contribution in [2.45, 2.75) is 6.10 Å². The fourth-order valence-corrected chi connectivity index (χ4v) is 1.77. The zero-order valence-corrected chi connectivity index (χ0v) is 9.43. The number of benzene rings is 1. The fraction of sp³-hybridized carbons (Fsp3) is 0.0833. The van der Waals surface area contributed by atoms with E-state index in [9.17, 15) is 5.11 Å². The Morgan fingerprint density at radius 3 is 2.78 bits per heavy atom. The van der Waals surface area contributed by atoms with Gasteiger partial charge < -0.3 is 10.1 Å². The molecular weight excluding hydrogens is 230 g/mol. The van der Waals surface area contributed by atoms with Crippen LogP contribution in [-0.2, 0) is 0 Å². The standard InChI is InChI=1S/C12H11N5O/c18-11(12-13-6-7-14-12)10-8-15-16-17(10)9-4-2-1-3-5-9/h1-8,11,18H,(H,13,14). The Bertz CT molecular complexity index is 617. The summed E-state index contributed by atoms with van der Waals surface area (Å²) >= 11 is 0. The molecule has 0 aliphatic rings. The summed E-state index contributed by atoms with van der Waals surface area (Å²) < 4.78 is 1.59. The SMILES string of the molecule is OC(c1ncc[nH]1)c1cnnn1-c1ccccc1. The van der Waals surface area contributed by atoms with Crippen LogP contribution in [0.5, 0.6) is 0 Å². The molecule has 18 heavy (non-hydrogen) atoms. The number of hydrogen-bond donors (Lipinski definition) is 2. The van der Waals surface area contributed by atoms with E-state index in [1.807, 2.05) is 30.3 Å². The molecule has 6 nitrogen and oxygen atoms in total. The van der Waals surface area contributed by atoms with Crippen molar-refractivity contribution in [3.63, 3.8) is 0 Å². The molecule has 1 atom stereocenters. The highest BCUT2D eigenvalue weighted by atomic mass is 16.3. The van der Waals surface area contributed by atoms with Crippen molar-refractivity contribution in [2.75, 3.05) is 0 Å². The van der Waals surface area contributed by atoms with Crippen molar-refractivity contribution in [1.82, 2.24) is 25.0 Å². The van der Waals surface area contributed by atoms with E-state index in [-0.39, 0.29) is 0 Å². The quantitative estimate of drug-likeness (QED) is 0.719. The number of aliphatic hydroxyl groups is 1. The monoisotopic (exact) mass is 241 g/mol. The van der Waals surface area contributed by atoms with Gasteiger partial charge in [-0.15, -0.1) is 5.10 Å². The van der Waals surface area contributed by atoms with Crippen LogP contribution in [0.15, 0.2) is 48.9 Å². The summed E-state index contributed by atoms with van der Waals surface area (Å²) in [6.45, 7) is 0. The maximum atomic E-state index is 10.2. The molecule has 0 spiro atoms. The van der Waals surface area contributed by atoms with Crippen LogP contribution in [0.4, 0.5) is 0 Å². The predicted molar refractivity (Wildman–Crippen MR) is 64.0 cm³/mol. The molecule has 2 aromatic heterocycles. The van der Waals surface area contributed by atoms with Crippen LogP contribution in [0.2, 0.25) is 0 Å². The second-order valence-corrected chi connectivity index (χ2v) is 3.78. The van der Waals surface area contributed by atoms with Gasteiger partial charge in [-0.25, -0.2) is 9.67 Å². The Labute approximate surface area is 103 Å². The first-order chi connectivity index (χ1) is 8.86. The molecule has 0 fully saturated rings. The van der Waals surface area contributed by atoms with E-state index < -0.39 is 6.10 Å². The van der Waals surface area contributed by atoms with Crippen LogP contribution in [0, 0.1) is 0 Å². The third kappa shape index (κ3) is 1.78. The molecule has 1 unspecified atom stereocenters. The number of hydrogen-bond acceptors (Lipinski definition) is 4. The van der Waals surface area contributed by atoms with Crippen LogP contribution in [0.1, 0.15) is 17.6 Å². The molecule has 6 heteroatoms. The van der Waals surface area contributed by atoms with Gasteiger partial charge in [-0.3, -0.25) is 0 Å². The number of rotatable bonds is 3. The Hall–Kier alpha value is -2.47. The molecule has 2 N–H and O–H groups in total. The zero-order chi connectivity index (χ0) is 12.4. The lowest BCUT2D eigenvalue weighted by atomic mass is 10.2. The number of aromatic nitrogens is 5. The average Bonchev–Trinajstić information content (AvgIpc) is 3.10. The maximum Gasteiger partial charge on any atom is 0.155 e. The van der Waals surface area contributed by atoms with E-state index in [1.54, 1.807) is 17.1 Å². The van der Waals surface area contributed by atoms with Gasteiger partial charge in [0.25, 0.3) is 0 Å². The molecule has 0 saturated carbocycles. The van der Waals surface area contributed by atoms with Crippen molar-refractivity contribution in [3.05, 3.63) is 60.4 Å². The summed E-state index contributed by atoms with van der Waals surface area (Å²) in [5.74, 6) is 0.467. The van der Waals surface area contributed by atoms with Gasteiger partial charge in [0.15, 0.2) is 6.10 Å². The summed E-state index contributed by atoms with van der Waals surface area (Å²) in [7, 11) is 0. The molecule has 0 aliphatic carbocycles. The number of imidazole rings is 1. The number of H-pyrrole nitrogens is 1. The summed E-state index contributed by atoms with van der Waals surface area (Å²) in [5.41, 5.74) is 1.41. The van der Waals surface area contributed by atoms with Crippen molar-refractivity contribution >= 4 is 0 Å². The smallest absolute Gasteiger partial charge is 0.155 e. The van der Waals surface area contributed by atoms with Crippen LogP contribution in [0.3, 0.4) is 0 Å². The average molecular weight is 241 g/mol. The largest absolute Gasteiger partial charge is 0.379 e. The van der Waals surface area contributed by atoms with Gasteiger partial charge in [0, 0.05) is 12.4 Å². The Morgan fingerprint density at radius 2 is 2.06 bits per heavy atom. The van der Waals surface area contributed by atoms with Crippen LogP contribution >= 0.6 is 0 Å². The third-order valence-corrected chi connectivity index (χ3v) is 2.63. The van der Waals surface area contributed by atoms with Crippen LogP contribution in [0.25, 0.3) is 5.69 Å². The predicted octanol–water partition coefficient (Wildman–Crippen LogP) is 1.07. The molecule has 1 aromatic carbocycles. The van der Waals surface area contributed by atoms with E-state index in [1.165, 1.54) is 6.20 Å². The Balaban J connectivity index is 2.02. The van der Waals surface area contributed by atoms with E-state index in [2.05, 4.69) is 20.3 Å². The topological polar surface area (TPSA) is 79.6 Å². The zero-order valence-electron chi connectivity index (χ0n) is 9.43. The van der Waals surface area contributed by atoms with E-state index >= 15 is 0 Å². The Morgan fingerprint density at radius 1 is 1.22 bits per heavy atom. The molecule has 0 bridgehead atoms. The number of para-hydroxylation sites is 1. The highest BCUT2D eigenvalue weighted by Gasteiger charge is 2.19. The molecule has 2 heterocycles. The van der Waals surface area contributed by atoms with Crippen molar-refractivity contribution in [1.29, 1.82) is 0 Å². The molecule has 3 rings (SSSR count). The van der Waals surface area contributed by atoms with Gasteiger partial charge in [0.2, 0.25) is 0 Å². The van der Waals surface area contributed by atoms with Crippen molar-refractivity contribution < 1.29 is 5.11 Å². The van der Waals surface area contributed by atoms with Gasteiger partial charge in [-0.05, 0) is 12.1 Å². The highest BCUT2D eigenvalue weighted by Crippen LogP contribution is 2.20. The van der Waals surface area contributed by atoms with Gasteiger partial charge in [-0.1, -0.05) is 23.4 Å². The van der Waals surface area contributed by atoms with E-state index in [0.717, 1.165) is 5.69 Å². The second-order valence-electron chi connectivity index (χ2n) is 3.78. The first-order valence-corrected chi connectivity index (χ1v) is 5.49. The van der Waals surface area contributed by atoms with Gasteiger partial charge in [0.1, 0.15) is 11.5 Å². The maximum absolute atomic E-state index is 10.2. The van der Waals surface area contributed by atoms with Crippen molar-refractivity contribution in [2.24, 2.45) is 0 Å². The van der Waals surface area contributed by atoms with Crippen molar-refractivity contribution in [3.8, 4) is 5.69 Å². The molecular formula is C12H11N5O. The van der Waals surface area contributed by atoms with E-state index in [0.29, 0.717) is 11.5 Å². The minimum Gasteiger partial charge on any atom is -0.379 e. The lowest BCUT2D eigenvalue weighted by molar-refractivity contribution is 0.203. The summed E-state index contributed by atoms with van der Waals surface area (Å²) in [5, 5.41) is 18.0. The summed E-state index contributed by atoms with van der Waals surface area (Å²) in [6, 6.07) is 9.52. The normalized spacial score (nSPS) is 12.5. The van der Waals surface area contributed by atoms with Crippen LogP contribution < -0.4 is 0 Å². The molecule has 0 radical (unpaired) electrons. The number of nitrogens with zero attached hydrogens (tertiary/aromatic N) is 4. The van der Waals surface area contributed by atoms with Gasteiger partial charge in [-0.2, -0.15) is 0 Å². The summed E-state index contributed by atoms with van der Waals surface area (Å²) in [6.07, 6.45) is 3.90. The summed E-state index contributed by atoms with van der Waals surface area (Å²) in [4.78, 5) is 6.91. The highest BCUT2D eigenvalue weighted by molar-refractivity contribution is 5.32. The fourth-order valence-electron chi connectivity index (χ4n) is 1.77. The second kappa shape index (κ2) is 4.42. The Kier molecular flexibility index (Phi) is 2.62. The van der Waals surface area contributed by atoms with Crippen LogP contribution in [-0.4, -0.2) is 30.1 Å². The number of nitrogens with one attached hydrogen (secondary N) is 1. The molecule has 0 amide bonds. The first-order valence-electron chi connectivity index (χ1n) is 5.49. The number of aliphatic hydroxyl groups excluding tert-OH is 1.